The van der Waals surface area contributed by atoms with E-state index in [0.717, 1.165) is 31.5 Å². The summed E-state index contributed by atoms with van der Waals surface area (Å²) in [5, 5.41) is 3.28. The van der Waals surface area contributed by atoms with Gasteiger partial charge in [-0.15, -0.1) is 12.4 Å². The lowest BCUT2D eigenvalue weighted by atomic mass is 9.97. The van der Waals surface area contributed by atoms with E-state index in [-0.39, 0.29) is 36.2 Å². The Morgan fingerprint density at radius 1 is 1.32 bits per heavy atom. The highest BCUT2D eigenvalue weighted by Crippen LogP contribution is 2.24. The number of morpholine rings is 1. The number of rotatable bonds is 2. The summed E-state index contributed by atoms with van der Waals surface area (Å²) in [6, 6.07) is 6.33. The molecule has 22 heavy (non-hydrogen) atoms. The molecule has 2 aliphatic heterocycles. The predicted octanol–water partition coefficient (Wildman–Crippen LogP) is 2.15. The number of nitrogens with zero attached hydrogens (tertiary/aromatic N) is 1. The van der Waals surface area contributed by atoms with Gasteiger partial charge in [-0.1, -0.05) is 12.1 Å². The smallest absolute Gasteiger partial charge is 0.227 e. The van der Waals surface area contributed by atoms with Crippen LogP contribution in [0, 0.1) is 11.7 Å². The van der Waals surface area contributed by atoms with E-state index in [1.807, 2.05) is 4.90 Å². The number of nitrogens with one attached hydrogen (secondary N) is 1. The van der Waals surface area contributed by atoms with Gasteiger partial charge >= 0.3 is 0 Å². The fourth-order valence-corrected chi connectivity index (χ4v) is 3.05. The number of ether oxygens (including phenoxy) is 1. The molecule has 122 valence electrons. The maximum absolute atomic E-state index is 13.0. The van der Waals surface area contributed by atoms with Crippen molar-refractivity contribution in [2.24, 2.45) is 5.92 Å². The van der Waals surface area contributed by atoms with Crippen LogP contribution in [-0.4, -0.2) is 43.6 Å². The Hall–Kier alpha value is -1.17. The van der Waals surface area contributed by atoms with Gasteiger partial charge in [-0.3, -0.25) is 4.79 Å². The number of benzene rings is 1. The third kappa shape index (κ3) is 3.97. The van der Waals surface area contributed by atoms with Crippen LogP contribution >= 0.6 is 12.4 Å². The maximum Gasteiger partial charge on any atom is 0.227 e. The van der Waals surface area contributed by atoms with Gasteiger partial charge in [0.1, 0.15) is 11.9 Å². The molecule has 0 aromatic heterocycles. The summed E-state index contributed by atoms with van der Waals surface area (Å²) in [4.78, 5) is 14.5. The predicted molar refractivity (Wildman–Crippen MR) is 84.5 cm³/mol. The van der Waals surface area contributed by atoms with E-state index in [1.165, 1.54) is 12.1 Å². The second kappa shape index (κ2) is 7.90. The molecule has 0 aliphatic carbocycles. The van der Waals surface area contributed by atoms with E-state index in [2.05, 4.69) is 5.32 Å². The van der Waals surface area contributed by atoms with Gasteiger partial charge in [0, 0.05) is 13.1 Å². The first-order valence-electron chi connectivity index (χ1n) is 7.60. The van der Waals surface area contributed by atoms with Crippen LogP contribution in [0.5, 0.6) is 0 Å². The molecule has 2 saturated heterocycles. The van der Waals surface area contributed by atoms with Crippen molar-refractivity contribution in [3.8, 4) is 0 Å². The van der Waals surface area contributed by atoms with Crippen LogP contribution in [0.15, 0.2) is 24.3 Å². The molecule has 2 aliphatic rings. The van der Waals surface area contributed by atoms with E-state index < -0.39 is 0 Å². The second-order valence-corrected chi connectivity index (χ2v) is 5.74. The fraction of sp³-hybridized carbons (Fsp3) is 0.562. The standard InChI is InChI=1S/C16H21FN2O2.ClH/c17-14-5-3-12(4-6-14)15-11-19(8-9-21-15)16(20)13-2-1-7-18-10-13;/h3-6,13,15,18H,1-2,7-11H2;1H/t13-,15?;/m1./s1. The molecule has 0 saturated carbocycles. The van der Waals surface area contributed by atoms with Crippen LogP contribution in [0.4, 0.5) is 4.39 Å². The Morgan fingerprint density at radius 2 is 2.09 bits per heavy atom. The summed E-state index contributed by atoms with van der Waals surface area (Å²) in [5.41, 5.74) is 0.927. The minimum absolute atomic E-state index is 0. The van der Waals surface area contributed by atoms with Crippen LogP contribution in [0.3, 0.4) is 0 Å². The van der Waals surface area contributed by atoms with Gasteiger partial charge in [0.15, 0.2) is 0 Å². The number of halogens is 2. The van der Waals surface area contributed by atoms with Crippen molar-refractivity contribution in [2.75, 3.05) is 32.8 Å². The molecule has 0 radical (unpaired) electrons. The zero-order valence-corrected chi connectivity index (χ0v) is 13.3. The molecule has 2 heterocycles. The van der Waals surface area contributed by atoms with E-state index in [9.17, 15) is 9.18 Å². The molecule has 1 unspecified atom stereocenters. The van der Waals surface area contributed by atoms with Gasteiger partial charge < -0.3 is 15.0 Å². The van der Waals surface area contributed by atoms with E-state index in [4.69, 9.17) is 4.74 Å². The van der Waals surface area contributed by atoms with Crippen molar-refractivity contribution in [2.45, 2.75) is 18.9 Å². The minimum atomic E-state index is -0.254. The molecule has 1 aromatic carbocycles. The zero-order chi connectivity index (χ0) is 14.7. The molecule has 2 atom stereocenters. The quantitative estimate of drug-likeness (QED) is 0.904. The first-order chi connectivity index (χ1) is 10.2. The van der Waals surface area contributed by atoms with Crippen LogP contribution in [0.2, 0.25) is 0 Å². The van der Waals surface area contributed by atoms with Gasteiger partial charge in [0.05, 0.1) is 19.1 Å². The molecule has 1 amide bonds. The first kappa shape index (κ1) is 17.2. The third-order valence-electron chi connectivity index (χ3n) is 4.27. The highest BCUT2D eigenvalue weighted by atomic mass is 35.5. The molecular weight excluding hydrogens is 307 g/mol. The van der Waals surface area contributed by atoms with Crippen LogP contribution in [0.25, 0.3) is 0 Å². The number of carbonyl (C=O) groups is 1. The van der Waals surface area contributed by atoms with Gasteiger partial charge in [0.2, 0.25) is 5.91 Å². The highest BCUT2D eigenvalue weighted by Gasteiger charge is 2.30. The Morgan fingerprint density at radius 3 is 2.77 bits per heavy atom. The summed E-state index contributed by atoms with van der Waals surface area (Å²) >= 11 is 0. The number of piperidine rings is 1. The van der Waals surface area contributed by atoms with Gasteiger partial charge in [-0.25, -0.2) is 4.39 Å². The van der Waals surface area contributed by atoms with Crippen molar-refractivity contribution < 1.29 is 13.9 Å². The average molecular weight is 329 g/mol. The second-order valence-electron chi connectivity index (χ2n) is 5.74. The number of hydrogen-bond acceptors (Lipinski definition) is 3. The molecule has 0 spiro atoms. The molecule has 0 bridgehead atoms. The third-order valence-corrected chi connectivity index (χ3v) is 4.27. The summed E-state index contributed by atoms with van der Waals surface area (Å²) in [5.74, 6) is 0.0547. The summed E-state index contributed by atoms with van der Waals surface area (Å²) in [6.45, 7) is 3.52. The largest absolute Gasteiger partial charge is 0.370 e. The van der Waals surface area contributed by atoms with Gasteiger partial charge in [-0.05, 0) is 37.1 Å². The van der Waals surface area contributed by atoms with Crippen molar-refractivity contribution in [3.05, 3.63) is 35.6 Å². The summed E-state index contributed by atoms with van der Waals surface area (Å²) < 4.78 is 18.7. The van der Waals surface area contributed by atoms with E-state index in [0.29, 0.717) is 19.7 Å². The van der Waals surface area contributed by atoms with E-state index >= 15 is 0 Å². The van der Waals surface area contributed by atoms with Gasteiger partial charge in [0.25, 0.3) is 0 Å². The van der Waals surface area contributed by atoms with Crippen molar-refractivity contribution in [3.63, 3.8) is 0 Å². The minimum Gasteiger partial charge on any atom is -0.370 e. The number of hydrogen-bond donors (Lipinski definition) is 1. The molecular formula is C16H22ClFN2O2. The SMILES string of the molecule is Cl.O=C([C@@H]1CCCNC1)N1CCOC(c2ccc(F)cc2)C1. The highest BCUT2D eigenvalue weighted by molar-refractivity contribution is 5.85. The topological polar surface area (TPSA) is 41.6 Å². The monoisotopic (exact) mass is 328 g/mol. The maximum atomic E-state index is 13.0. The molecule has 4 nitrogen and oxygen atoms in total. The summed E-state index contributed by atoms with van der Waals surface area (Å²) in [6.07, 6.45) is 1.87. The molecule has 1 aromatic rings. The van der Waals surface area contributed by atoms with Crippen LogP contribution in [-0.2, 0) is 9.53 Å². The lowest BCUT2D eigenvalue weighted by molar-refractivity contribution is -0.143. The normalized spacial score (nSPS) is 25.4. The van der Waals surface area contributed by atoms with Crippen molar-refractivity contribution >= 4 is 18.3 Å². The first-order valence-corrected chi connectivity index (χ1v) is 7.60. The molecule has 3 rings (SSSR count). The van der Waals surface area contributed by atoms with Crippen molar-refractivity contribution in [1.82, 2.24) is 10.2 Å². The van der Waals surface area contributed by atoms with E-state index in [1.54, 1.807) is 12.1 Å². The Labute approximate surface area is 136 Å². The Kier molecular flexibility index (Phi) is 6.17. The number of carbonyl (C=O) groups excluding carboxylic acids is 1. The Balaban J connectivity index is 0.00000176. The van der Waals surface area contributed by atoms with Gasteiger partial charge in [-0.2, -0.15) is 0 Å². The molecule has 2 fully saturated rings. The average Bonchev–Trinajstić information content (AvgIpc) is 2.56. The zero-order valence-electron chi connectivity index (χ0n) is 12.5. The fourth-order valence-electron chi connectivity index (χ4n) is 3.05. The lowest BCUT2D eigenvalue weighted by Crippen LogP contribution is -2.48. The molecule has 1 N–H and O–H groups in total. The van der Waals surface area contributed by atoms with Crippen molar-refractivity contribution in [1.29, 1.82) is 0 Å². The lowest BCUT2D eigenvalue weighted by Gasteiger charge is -2.36. The van der Waals surface area contributed by atoms with Crippen LogP contribution < -0.4 is 5.32 Å². The van der Waals surface area contributed by atoms with Crippen LogP contribution in [0.1, 0.15) is 24.5 Å². The summed E-state index contributed by atoms with van der Waals surface area (Å²) in [7, 11) is 0. The number of amides is 1. The Bertz CT molecular complexity index is 491. The molecule has 6 heteroatoms.